The Bertz CT molecular complexity index is 608. The summed E-state index contributed by atoms with van der Waals surface area (Å²) in [7, 11) is 0. The van der Waals surface area contributed by atoms with Gasteiger partial charge in [0.1, 0.15) is 18.5 Å². The Kier molecular flexibility index (Phi) is 5.36. The van der Waals surface area contributed by atoms with Crippen molar-refractivity contribution >= 4 is 11.6 Å². The van der Waals surface area contributed by atoms with Crippen LogP contribution in [0.25, 0.3) is 0 Å². The van der Waals surface area contributed by atoms with Crippen molar-refractivity contribution in [3.8, 4) is 5.75 Å². The Hall–Kier alpha value is -1.51. The molecule has 1 atom stereocenters. The number of unbranched alkanes of at least 4 members (excludes halogenated alkanes) is 1. The first kappa shape index (κ1) is 15.4. The highest BCUT2D eigenvalue weighted by Gasteiger charge is 2.23. The smallest absolute Gasteiger partial charge is 0.122 e. The molecule has 0 aromatic heterocycles. The lowest BCUT2D eigenvalue weighted by Crippen LogP contribution is -2.05. The van der Waals surface area contributed by atoms with Crippen molar-refractivity contribution in [2.24, 2.45) is 0 Å². The molecule has 1 saturated heterocycles. The van der Waals surface area contributed by atoms with Gasteiger partial charge in [-0.2, -0.15) is 0 Å². The van der Waals surface area contributed by atoms with Crippen LogP contribution in [0.3, 0.4) is 0 Å². The topological polar surface area (TPSA) is 21.8 Å². The highest BCUT2D eigenvalue weighted by atomic mass is 35.5. The van der Waals surface area contributed by atoms with Gasteiger partial charge in [0.2, 0.25) is 0 Å². The van der Waals surface area contributed by atoms with E-state index in [0.29, 0.717) is 12.7 Å². The zero-order valence-electron chi connectivity index (χ0n) is 12.6. The number of hydrogen-bond acceptors (Lipinski definition) is 2. The maximum atomic E-state index is 6.01. The summed E-state index contributed by atoms with van der Waals surface area (Å²) >= 11 is 6.01. The molecule has 2 nitrogen and oxygen atoms in total. The predicted molar refractivity (Wildman–Crippen MR) is 89.8 cm³/mol. The van der Waals surface area contributed by atoms with Crippen molar-refractivity contribution in [1.82, 2.24) is 0 Å². The number of rotatable bonds is 8. The fourth-order valence-corrected chi connectivity index (χ4v) is 2.75. The van der Waals surface area contributed by atoms with E-state index in [0.717, 1.165) is 43.1 Å². The summed E-state index contributed by atoms with van der Waals surface area (Å²) in [5, 5.41) is 0.818. The van der Waals surface area contributed by atoms with E-state index >= 15 is 0 Å². The van der Waals surface area contributed by atoms with Crippen molar-refractivity contribution in [3.63, 3.8) is 0 Å². The molecule has 1 aliphatic heterocycles. The number of hydrogen-bond donors (Lipinski definition) is 0. The highest BCUT2D eigenvalue weighted by Crippen LogP contribution is 2.22. The van der Waals surface area contributed by atoms with E-state index in [1.807, 2.05) is 24.3 Å². The third kappa shape index (κ3) is 4.75. The second kappa shape index (κ2) is 7.66. The molecule has 0 spiro atoms. The molecule has 0 amide bonds. The van der Waals surface area contributed by atoms with E-state index in [-0.39, 0.29) is 0 Å². The van der Waals surface area contributed by atoms with Crippen LogP contribution in [0.4, 0.5) is 0 Å². The van der Waals surface area contributed by atoms with Crippen LogP contribution >= 0.6 is 11.6 Å². The quantitative estimate of drug-likeness (QED) is 0.521. The van der Waals surface area contributed by atoms with Gasteiger partial charge in [-0.15, -0.1) is 0 Å². The van der Waals surface area contributed by atoms with Crippen LogP contribution in [0.2, 0.25) is 5.02 Å². The van der Waals surface area contributed by atoms with E-state index in [2.05, 4.69) is 24.3 Å². The monoisotopic (exact) mass is 316 g/mol. The third-order valence-corrected chi connectivity index (χ3v) is 4.09. The molecule has 0 bridgehead atoms. The molecule has 2 aromatic carbocycles. The van der Waals surface area contributed by atoms with Crippen molar-refractivity contribution in [2.75, 3.05) is 13.2 Å². The molecular weight excluding hydrogens is 296 g/mol. The summed E-state index contributed by atoms with van der Waals surface area (Å²) in [4.78, 5) is 0. The molecule has 0 aliphatic carbocycles. The van der Waals surface area contributed by atoms with E-state index in [1.54, 1.807) is 0 Å². The van der Waals surface area contributed by atoms with Crippen LogP contribution < -0.4 is 4.74 Å². The first-order valence-corrected chi connectivity index (χ1v) is 8.26. The van der Waals surface area contributed by atoms with Crippen LogP contribution in [-0.4, -0.2) is 19.3 Å². The first-order chi connectivity index (χ1) is 10.8. The molecule has 0 N–H and O–H groups in total. The fraction of sp³-hybridized carbons (Fsp3) is 0.368. The summed E-state index contributed by atoms with van der Waals surface area (Å²) in [5.74, 6) is 1.00. The van der Waals surface area contributed by atoms with Gasteiger partial charge in [-0.3, -0.25) is 0 Å². The zero-order chi connectivity index (χ0) is 15.2. The van der Waals surface area contributed by atoms with E-state index in [9.17, 15) is 0 Å². The number of halogens is 1. The normalized spacial score (nSPS) is 16.5. The van der Waals surface area contributed by atoms with Crippen molar-refractivity contribution in [2.45, 2.75) is 31.8 Å². The summed E-state index contributed by atoms with van der Waals surface area (Å²) in [6.07, 6.45) is 4.71. The van der Waals surface area contributed by atoms with E-state index in [4.69, 9.17) is 21.1 Å². The van der Waals surface area contributed by atoms with Crippen LogP contribution in [0.15, 0.2) is 48.5 Å². The molecule has 3 rings (SSSR count). The fourth-order valence-electron chi connectivity index (χ4n) is 2.54. The van der Waals surface area contributed by atoms with Gasteiger partial charge in [0.25, 0.3) is 0 Å². The Morgan fingerprint density at radius 2 is 1.86 bits per heavy atom. The summed E-state index contributed by atoms with van der Waals surface area (Å²) in [5.41, 5.74) is 2.59. The van der Waals surface area contributed by atoms with Gasteiger partial charge in [-0.05, 0) is 55.0 Å². The van der Waals surface area contributed by atoms with Gasteiger partial charge in [0, 0.05) is 5.02 Å². The average Bonchev–Trinajstić information content (AvgIpc) is 3.35. The van der Waals surface area contributed by atoms with Crippen LogP contribution in [0.1, 0.15) is 24.0 Å². The zero-order valence-corrected chi connectivity index (χ0v) is 13.4. The van der Waals surface area contributed by atoms with Crippen LogP contribution in [0.5, 0.6) is 5.75 Å². The standard InChI is InChI=1S/C19H21ClO2/c20-17-10-5-7-15(12-17)6-1-2-8-16-9-3-4-11-19(16)22-14-18-13-21-18/h3-5,7,9-12,18H,1-2,6,8,13-14H2. The van der Waals surface area contributed by atoms with Crippen molar-refractivity contribution in [1.29, 1.82) is 0 Å². The van der Waals surface area contributed by atoms with Crippen LogP contribution in [-0.2, 0) is 17.6 Å². The number of epoxide rings is 1. The maximum absolute atomic E-state index is 6.01. The lowest BCUT2D eigenvalue weighted by molar-refractivity contribution is 0.261. The minimum Gasteiger partial charge on any atom is -0.491 e. The maximum Gasteiger partial charge on any atom is 0.122 e. The molecule has 1 aliphatic rings. The van der Waals surface area contributed by atoms with Crippen molar-refractivity contribution in [3.05, 3.63) is 64.7 Å². The van der Waals surface area contributed by atoms with Gasteiger partial charge >= 0.3 is 0 Å². The SMILES string of the molecule is Clc1cccc(CCCCc2ccccc2OCC2CO2)c1. The lowest BCUT2D eigenvalue weighted by atomic mass is 10.0. The predicted octanol–water partition coefficient (Wildman–Crippen LogP) is 4.68. The molecule has 1 unspecified atom stereocenters. The highest BCUT2D eigenvalue weighted by molar-refractivity contribution is 6.30. The lowest BCUT2D eigenvalue weighted by Gasteiger charge is -2.10. The second-order valence-electron chi connectivity index (χ2n) is 5.71. The molecule has 3 heteroatoms. The Balaban J connectivity index is 1.46. The average molecular weight is 317 g/mol. The summed E-state index contributed by atoms with van der Waals surface area (Å²) in [6.45, 7) is 1.50. The molecule has 22 heavy (non-hydrogen) atoms. The molecule has 0 radical (unpaired) electrons. The number of aryl methyl sites for hydroxylation is 2. The minimum atomic E-state index is 0.302. The summed E-state index contributed by atoms with van der Waals surface area (Å²) < 4.78 is 11.0. The Labute approximate surface area is 137 Å². The Morgan fingerprint density at radius 1 is 1.05 bits per heavy atom. The molecule has 0 saturated carbocycles. The van der Waals surface area contributed by atoms with E-state index < -0.39 is 0 Å². The first-order valence-electron chi connectivity index (χ1n) is 7.88. The van der Waals surface area contributed by atoms with Crippen molar-refractivity contribution < 1.29 is 9.47 Å². The molecule has 1 heterocycles. The largest absolute Gasteiger partial charge is 0.491 e. The minimum absolute atomic E-state index is 0.302. The number of benzene rings is 2. The third-order valence-electron chi connectivity index (χ3n) is 3.85. The number of ether oxygens (including phenoxy) is 2. The van der Waals surface area contributed by atoms with Gasteiger partial charge in [-0.25, -0.2) is 0 Å². The molecule has 116 valence electrons. The van der Waals surface area contributed by atoms with Crippen LogP contribution in [0, 0.1) is 0 Å². The molecular formula is C19H21ClO2. The molecule has 2 aromatic rings. The summed E-state index contributed by atoms with van der Waals surface area (Å²) in [6, 6.07) is 16.4. The van der Waals surface area contributed by atoms with Gasteiger partial charge in [-0.1, -0.05) is 41.9 Å². The van der Waals surface area contributed by atoms with Gasteiger partial charge < -0.3 is 9.47 Å². The Morgan fingerprint density at radius 3 is 2.68 bits per heavy atom. The van der Waals surface area contributed by atoms with Gasteiger partial charge in [0.15, 0.2) is 0 Å². The number of para-hydroxylation sites is 1. The molecule has 1 fully saturated rings. The van der Waals surface area contributed by atoms with E-state index in [1.165, 1.54) is 11.1 Å². The van der Waals surface area contributed by atoms with Gasteiger partial charge in [0.05, 0.1) is 6.61 Å². The second-order valence-corrected chi connectivity index (χ2v) is 6.15.